The molecule has 0 unspecified atom stereocenters. The Bertz CT molecular complexity index is 785. The molecule has 0 atom stereocenters. The van der Waals surface area contributed by atoms with Crippen LogP contribution in [0.1, 0.15) is 11.1 Å². The van der Waals surface area contributed by atoms with Gasteiger partial charge in [0.05, 0.1) is 22.0 Å². The Hall–Kier alpha value is -1.25. The van der Waals surface area contributed by atoms with Gasteiger partial charge < -0.3 is 5.32 Å². The Morgan fingerprint density at radius 1 is 1.24 bits per heavy atom. The molecular formula is C16H11BrClF4NOS. The van der Waals surface area contributed by atoms with Gasteiger partial charge in [-0.05, 0) is 29.8 Å². The third-order valence-corrected chi connectivity index (χ3v) is 5.12. The van der Waals surface area contributed by atoms with E-state index >= 15 is 0 Å². The number of nitrogens with one attached hydrogen (secondary N) is 1. The fraction of sp³-hybridized carbons (Fsp3) is 0.188. The maximum atomic E-state index is 13.0. The molecule has 0 saturated carbocycles. The summed E-state index contributed by atoms with van der Waals surface area (Å²) in [6.45, 7) is 0. The summed E-state index contributed by atoms with van der Waals surface area (Å²) in [7, 11) is 0. The number of hydrogen-bond donors (Lipinski definition) is 1. The molecule has 0 saturated heterocycles. The molecule has 0 bridgehead atoms. The third-order valence-electron chi connectivity index (χ3n) is 3.09. The number of hydrogen-bond acceptors (Lipinski definition) is 2. The van der Waals surface area contributed by atoms with Gasteiger partial charge in [-0.1, -0.05) is 39.7 Å². The molecule has 9 heteroatoms. The fourth-order valence-corrected chi connectivity index (χ4v) is 3.69. The van der Waals surface area contributed by atoms with E-state index in [0.29, 0.717) is 10.2 Å². The van der Waals surface area contributed by atoms with Crippen molar-refractivity contribution >= 4 is 50.9 Å². The molecule has 1 amide bonds. The van der Waals surface area contributed by atoms with Crippen molar-refractivity contribution in [2.24, 2.45) is 0 Å². The van der Waals surface area contributed by atoms with Crippen LogP contribution < -0.4 is 5.32 Å². The molecule has 0 aliphatic heterocycles. The van der Waals surface area contributed by atoms with Crippen LogP contribution in [0.2, 0.25) is 5.02 Å². The van der Waals surface area contributed by atoms with Crippen LogP contribution in [0.5, 0.6) is 0 Å². The Morgan fingerprint density at radius 2 is 1.96 bits per heavy atom. The van der Waals surface area contributed by atoms with Gasteiger partial charge in [0.1, 0.15) is 5.82 Å². The minimum atomic E-state index is -4.63. The standard InChI is InChI=1S/C16H11BrClF4NOS/c17-12-6-10(19)5-4-9(12)7-25-8-14(24)23-15-11(16(20,21)22)2-1-3-13(15)18/h1-6H,7-8H2,(H,23,24). The van der Waals surface area contributed by atoms with Crippen LogP contribution in [0.25, 0.3) is 0 Å². The van der Waals surface area contributed by atoms with Gasteiger partial charge in [-0.15, -0.1) is 11.8 Å². The highest BCUT2D eigenvalue weighted by atomic mass is 79.9. The summed E-state index contributed by atoms with van der Waals surface area (Å²) >= 11 is 10.2. The summed E-state index contributed by atoms with van der Waals surface area (Å²) in [5.41, 5.74) is -0.683. The molecule has 2 rings (SSSR count). The van der Waals surface area contributed by atoms with Crippen molar-refractivity contribution in [3.05, 3.63) is 62.8 Å². The minimum Gasteiger partial charge on any atom is -0.324 e. The average Bonchev–Trinajstić information content (AvgIpc) is 2.50. The van der Waals surface area contributed by atoms with Gasteiger partial charge in [0.2, 0.25) is 5.91 Å². The number of alkyl halides is 3. The van der Waals surface area contributed by atoms with Crippen molar-refractivity contribution in [2.75, 3.05) is 11.1 Å². The third kappa shape index (κ3) is 5.62. The van der Waals surface area contributed by atoms with E-state index in [0.717, 1.165) is 11.6 Å². The molecule has 25 heavy (non-hydrogen) atoms. The second-order valence-electron chi connectivity index (χ2n) is 4.94. The van der Waals surface area contributed by atoms with E-state index in [4.69, 9.17) is 11.6 Å². The van der Waals surface area contributed by atoms with Crippen molar-refractivity contribution in [3.63, 3.8) is 0 Å². The van der Waals surface area contributed by atoms with Crippen LogP contribution in [-0.2, 0) is 16.7 Å². The van der Waals surface area contributed by atoms with Gasteiger partial charge in [-0.2, -0.15) is 13.2 Å². The van der Waals surface area contributed by atoms with E-state index in [-0.39, 0.29) is 10.8 Å². The Labute approximate surface area is 159 Å². The van der Waals surface area contributed by atoms with Crippen LogP contribution in [0.15, 0.2) is 40.9 Å². The lowest BCUT2D eigenvalue weighted by Gasteiger charge is -2.15. The summed E-state index contributed by atoms with van der Waals surface area (Å²) in [6.07, 6.45) is -4.63. The molecule has 2 aromatic rings. The first-order valence-electron chi connectivity index (χ1n) is 6.85. The number of carbonyl (C=O) groups excluding carboxylic acids is 1. The predicted molar refractivity (Wildman–Crippen MR) is 95.3 cm³/mol. The minimum absolute atomic E-state index is 0.0770. The quantitative estimate of drug-likeness (QED) is 0.548. The molecule has 0 radical (unpaired) electrons. The lowest BCUT2D eigenvalue weighted by atomic mass is 10.1. The van der Waals surface area contributed by atoms with Gasteiger partial charge in [-0.3, -0.25) is 4.79 Å². The summed E-state index contributed by atoms with van der Waals surface area (Å²) < 4.78 is 52.5. The smallest absolute Gasteiger partial charge is 0.324 e. The summed E-state index contributed by atoms with van der Waals surface area (Å²) in [5, 5.41) is 2.03. The first-order valence-corrected chi connectivity index (χ1v) is 9.18. The monoisotopic (exact) mass is 455 g/mol. The molecule has 2 nitrogen and oxygen atoms in total. The summed E-state index contributed by atoms with van der Waals surface area (Å²) in [5.74, 6) is -0.687. The molecule has 1 N–H and O–H groups in total. The van der Waals surface area contributed by atoms with Crippen LogP contribution in [0, 0.1) is 5.82 Å². The summed E-state index contributed by atoms with van der Waals surface area (Å²) in [6, 6.07) is 7.45. The van der Waals surface area contributed by atoms with Crippen molar-refractivity contribution in [1.82, 2.24) is 0 Å². The highest BCUT2D eigenvalue weighted by molar-refractivity contribution is 9.10. The lowest BCUT2D eigenvalue weighted by Crippen LogP contribution is -2.18. The number of rotatable bonds is 5. The predicted octanol–water partition coefficient (Wildman–Crippen LogP) is 6.13. The van der Waals surface area contributed by atoms with E-state index in [1.165, 1.54) is 36.0 Å². The first-order chi connectivity index (χ1) is 11.7. The molecule has 0 aliphatic rings. The summed E-state index contributed by atoms with van der Waals surface area (Å²) in [4.78, 5) is 11.9. The van der Waals surface area contributed by atoms with Crippen molar-refractivity contribution in [2.45, 2.75) is 11.9 Å². The molecule has 2 aromatic carbocycles. The van der Waals surface area contributed by atoms with Crippen molar-refractivity contribution in [3.8, 4) is 0 Å². The Morgan fingerprint density at radius 3 is 2.60 bits per heavy atom. The Kier molecular flexibility index (Phi) is 6.76. The van der Waals surface area contributed by atoms with Gasteiger partial charge in [0.15, 0.2) is 0 Å². The number of carbonyl (C=O) groups is 1. The van der Waals surface area contributed by atoms with Gasteiger partial charge in [-0.25, -0.2) is 4.39 Å². The van der Waals surface area contributed by atoms with E-state index in [9.17, 15) is 22.4 Å². The number of anilines is 1. The number of para-hydroxylation sites is 1. The van der Waals surface area contributed by atoms with Crippen LogP contribution in [-0.4, -0.2) is 11.7 Å². The molecular weight excluding hydrogens is 446 g/mol. The maximum absolute atomic E-state index is 13.0. The maximum Gasteiger partial charge on any atom is 0.418 e. The second-order valence-corrected chi connectivity index (χ2v) is 7.18. The van der Waals surface area contributed by atoms with Crippen molar-refractivity contribution < 1.29 is 22.4 Å². The van der Waals surface area contributed by atoms with E-state index in [1.807, 2.05) is 0 Å². The molecule has 0 aliphatic carbocycles. The largest absolute Gasteiger partial charge is 0.418 e. The van der Waals surface area contributed by atoms with Gasteiger partial charge >= 0.3 is 6.18 Å². The topological polar surface area (TPSA) is 29.1 Å². The SMILES string of the molecule is O=C(CSCc1ccc(F)cc1Br)Nc1c(Cl)cccc1C(F)(F)F. The molecule has 0 aromatic heterocycles. The van der Waals surface area contributed by atoms with Crippen molar-refractivity contribution in [1.29, 1.82) is 0 Å². The number of thioether (sulfide) groups is 1. The van der Waals surface area contributed by atoms with E-state index < -0.39 is 29.2 Å². The van der Waals surface area contributed by atoms with E-state index in [2.05, 4.69) is 21.2 Å². The lowest BCUT2D eigenvalue weighted by molar-refractivity contribution is -0.137. The van der Waals surface area contributed by atoms with Crippen LogP contribution >= 0.6 is 39.3 Å². The fourth-order valence-electron chi connectivity index (χ4n) is 1.96. The number of benzene rings is 2. The number of amides is 1. The normalized spacial score (nSPS) is 11.4. The highest BCUT2D eigenvalue weighted by Crippen LogP contribution is 2.38. The second kappa shape index (κ2) is 8.42. The van der Waals surface area contributed by atoms with Crippen LogP contribution in [0.3, 0.4) is 0 Å². The first kappa shape index (κ1) is 20.1. The zero-order valence-corrected chi connectivity index (χ0v) is 15.6. The molecule has 0 fully saturated rings. The zero-order chi connectivity index (χ0) is 18.6. The Balaban J connectivity index is 1.99. The molecule has 0 heterocycles. The van der Waals surface area contributed by atoms with Crippen LogP contribution in [0.4, 0.5) is 23.2 Å². The van der Waals surface area contributed by atoms with Gasteiger partial charge in [0, 0.05) is 10.2 Å². The highest BCUT2D eigenvalue weighted by Gasteiger charge is 2.34. The van der Waals surface area contributed by atoms with Gasteiger partial charge in [0.25, 0.3) is 0 Å². The molecule has 134 valence electrons. The van der Waals surface area contributed by atoms with E-state index in [1.54, 1.807) is 6.07 Å². The number of halogens is 6. The average molecular weight is 457 g/mol. The zero-order valence-electron chi connectivity index (χ0n) is 12.5. The molecule has 0 spiro atoms.